The Morgan fingerprint density at radius 1 is 1.33 bits per heavy atom. The van der Waals surface area contributed by atoms with Gasteiger partial charge in [0, 0.05) is 24.6 Å². The fraction of sp³-hybridized carbons (Fsp3) is 0.500. The van der Waals surface area contributed by atoms with E-state index in [9.17, 15) is 9.59 Å². The second-order valence-corrected chi connectivity index (χ2v) is 5.62. The van der Waals surface area contributed by atoms with Crippen LogP contribution in [-0.2, 0) is 11.3 Å². The lowest BCUT2D eigenvalue weighted by atomic mass is 9.97. The molecule has 1 saturated heterocycles. The molecular formula is C16H22N2O3. The Morgan fingerprint density at radius 3 is 2.86 bits per heavy atom. The lowest BCUT2D eigenvalue weighted by molar-refractivity contribution is -0.137. The van der Waals surface area contributed by atoms with Gasteiger partial charge in [0.25, 0.3) is 0 Å². The third-order valence-electron chi connectivity index (χ3n) is 4.04. The summed E-state index contributed by atoms with van der Waals surface area (Å²) < 4.78 is 0. The first-order valence-corrected chi connectivity index (χ1v) is 7.41. The highest BCUT2D eigenvalue weighted by atomic mass is 16.4. The van der Waals surface area contributed by atoms with E-state index in [1.165, 1.54) is 0 Å². The molecular weight excluding hydrogens is 268 g/mol. The van der Waals surface area contributed by atoms with E-state index in [-0.39, 0.29) is 6.42 Å². The van der Waals surface area contributed by atoms with Crippen molar-refractivity contribution in [1.29, 1.82) is 0 Å². The Labute approximate surface area is 124 Å². The first kappa shape index (κ1) is 15.5. The fourth-order valence-corrected chi connectivity index (χ4v) is 2.94. The van der Waals surface area contributed by atoms with Gasteiger partial charge in [0.2, 0.25) is 5.91 Å². The highest BCUT2D eigenvalue weighted by Gasteiger charge is 2.23. The summed E-state index contributed by atoms with van der Waals surface area (Å²) >= 11 is 0. The van der Waals surface area contributed by atoms with Crippen LogP contribution < -0.4 is 5.73 Å². The number of carboxylic acids is 1. The van der Waals surface area contributed by atoms with Crippen LogP contribution in [0.2, 0.25) is 0 Å². The first-order chi connectivity index (χ1) is 10.1. The molecule has 0 saturated carbocycles. The lowest BCUT2D eigenvalue weighted by Crippen LogP contribution is -2.39. The Bertz CT molecular complexity index is 516. The molecule has 0 aromatic heterocycles. The number of carbonyl (C=O) groups is 2. The summed E-state index contributed by atoms with van der Waals surface area (Å²) in [4.78, 5) is 24.3. The molecule has 5 nitrogen and oxygen atoms in total. The molecule has 1 aromatic carbocycles. The van der Waals surface area contributed by atoms with Gasteiger partial charge in [-0.3, -0.25) is 14.5 Å². The molecule has 1 atom stereocenters. The number of piperidine rings is 1. The van der Waals surface area contributed by atoms with Gasteiger partial charge in [-0.05, 0) is 43.5 Å². The van der Waals surface area contributed by atoms with E-state index in [0.717, 1.165) is 37.9 Å². The zero-order valence-corrected chi connectivity index (χ0v) is 12.1. The third-order valence-corrected chi connectivity index (χ3v) is 4.04. The summed E-state index contributed by atoms with van der Waals surface area (Å²) in [5.41, 5.74) is 6.88. The third kappa shape index (κ3) is 4.56. The Balaban J connectivity index is 2.02. The Hall–Kier alpha value is -1.88. The van der Waals surface area contributed by atoms with Crippen LogP contribution in [0.5, 0.6) is 0 Å². The number of nitrogens with two attached hydrogens (primary N) is 1. The minimum Gasteiger partial charge on any atom is -0.481 e. The SMILES string of the molecule is NC(=O)c1cccc(CN2CCCCC2CCC(=O)O)c1. The zero-order valence-electron chi connectivity index (χ0n) is 12.1. The number of primary amides is 1. The van der Waals surface area contributed by atoms with Gasteiger partial charge in [0.05, 0.1) is 0 Å². The van der Waals surface area contributed by atoms with Crippen molar-refractivity contribution >= 4 is 11.9 Å². The van der Waals surface area contributed by atoms with Gasteiger partial charge in [-0.2, -0.15) is 0 Å². The predicted molar refractivity (Wildman–Crippen MR) is 79.9 cm³/mol. The summed E-state index contributed by atoms with van der Waals surface area (Å²) in [6.07, 6.45) is 4.23. The Kier molecular flexibility index (Phi) is 5.33. The minimum absolute atomic E-state index is 0.211. The van der Waals surface area contributed by atoms with Gasteiger partial charge in [-0.25, -0.2) is 0 Å². The molecule has 1 aromatic rings. The van der Waals surface area contributed by atoms with E-state index in [4.69, 9.17) is 10.8 Å². The van der Waals surface area contributed by atoms with Crippen molar-refractivity contribution in [2.24, 2.45) is 5.73 Å². The van der Waals surface area contributed by atoms with Crippen molar-refractivity contribution in [2.45, 2.75) is 44.7 Å². The van der Waals surface area contributed by atoms with Crippen LogP contribution in [0, 0.1) is 0 Å². The number of benzene rings is 1. The second-order valence-electron chi connectivity index (χ2n) is 5.62. The van der Waals surface area contributed by atoms with Gasteiger partial charge in [-0.1, -0.05) is 18.6 Å². The van der Waals surface area contributed by atoms with Crippen LogP contribution in [0.3, 0.4) is 0 Å². The largest absolute Gasteiger partial charge is 0.481 e. The number of hydrogen-bond donors (Lipinski definition) is 2. The van der Waals surface area contributed by atoms with E-state index in [0.29, 0.717) is 18.0 Å². The smallest absolute Gasteiger partial charge is 0.303 e. The van der Waals surface area contributed by atoms with Crippen LogP contribution >= 0.6 is 0 Å². The molecule has 1 aliphatic rings. The molecule has 2 rings (SSSR count). The molecule has 1 aliphatic heterocycles. The molecule has 1 heterocycles. The molecule has 5 heteroatoms. The summed E-state index contributed by atoms with van der Waals surface area (Å²) in [5, 5.41) is 8.85. The van der Waals surface area contributed by atoms with Gasteiger partial charge < -0.3 is 10.8 Å². The zero-order chi connectivity index (χ0) is 15.2. The first-order valence-electron chi connectivity index (χ1n) is 7.41. The van der Waals surface area contributed by atoms with Crippen LogP contribution in [0.4, 0.5) is 0 Å². The number of carbonyl (C=O) groups excluding carboxylic acids is 1. The monoisotopic (exact) mass is 290 g/mol. The lowest BCUT2D eigenvalue weighted by Gasteiger charge is -2.35. The van der Waals surface area contributed by atoms with E-state index < -0.39 is 11.9 Å². The van der Waals surface area contributed by atoms with Gasteiger partial charge >= 0.3 is 5.97 Å². The molecule has 1 unspecified atom stereocenters. The van der Waals surface area contributed by atoms with Gasteiger partial charge in [-0.15, -0.1) is 0 Å². The van der Waals surface area contributed by atoms with Crippen LogP contribution in [0.15, 0.2) is 24.3 Å². The number of aliphatic carboxylic acids is 1. The van der Waals surface area contributed by atoms with Crippen molar-refractivity contribution in [3.63, 3.8) is 0 Å². The number of likely N-dealkylation sites (tertiary alicyclic amines) is 1. The van der Waals surface area contributed by atoms with Crippen LogP contribution in [0.25, 0.3) is 0 Å². The molecule has 0 aliphatic carbocycles. The van der Waals surface area contributed by atoms with Crippen molar-refractivity contribution in [3.05, 3.63) is 35.4 Å². The van der Waals surface area contributed by atoms with Gasteiger partial charge in [0.1, 0.15) is 0 Å². The van der Waals surface area contributed by atoms with E-state index in [1.807, 2.05) is 18.2 Å². The van der Waals surface area contributed by atoms with Crippen molar-refractivity contribution in [3.8, 4) is 0 Å². The average molecular weight is 290 g/mol. The molecule has 1 fully saturated rings. The summed E-state index contributed by atoms with van der Waals surface area (Å²) in [6, 6.07) is 7.67. The molecule has 1 amide bonds. The van der Waals surface area contributed by atoms with Crippen LogP contribution in [-0.4, -0.2) is 34.5 Å². The number of nitrogens with zero attached hydrogens (tertiary/aromatic N) is 1. The van der Waals surface area contributed by atoms with E-state index in [1.54, 1.807) is 6.07 Å². The van der Waals surface area contributed by atoms with Crippen LogP contribution in [0.1, 0.15) is 48.0 Å². The summed E-state index contributed by atoms with van der Waals surface area (Å²) in [5.74, 6) is -1.16. The maximum absolute atomic E-state index is 11.2. The normalized spacial score (nSPS) is 19.3. The van der Waals surface area contributed by atoms with E-state index in [2.05, 4.69) is 4.90 Å². The Morgan fingerprint density at radius 2 is 2.14 bits per heavy atom. The maximum Gasteiger partial charge on any atom is 0.303 e. The number of rotatable bonds is 6. The molecule has 3 N–H and O–H groups in total. The van der Waals surface area contributed by atoms with Crippen molar-refractivity contribution < 1.29 is 14.7 Å². The second kappa shape index (κ2) is 7.22. The molecule has 114 valence electrons. The van der Waals surface area contributed by atoms with E-state index >= 15 is 0 Å². The summed E-state index contributed by atoms with van der Waals surface area (Å²) in [7, 11) is 0. The highest BCUT2D eigenvalue weighted by molar-refractivity contribution is 5.92. The predicted octanol–water partition coefficient (Wildman–Crippen LogP) is 2.00. The van der Waals surface area contributed by atoms with Crippen molar-refractivity contribution in [1.82, 2.24) is 4.90 Å². The number of amides is 1. The molecule has 0 radical (unpaired) electrons. The van der Waals surface area contributed by atoms with Gasteiger partial charge in [0.15, 0.2) is 0 Å². The number of hydrogen-bond acceptors (Lipinski definition) is 3. The highest BCUT2D eigenvalue weighted by Crippen LogP contribution is 2.23. The molecule has 0 spiro atoms. The minimum atomic E-state index is -0.740. The number of carboxylic acid groups (broad SMARTS) is 1. The topological polar surface area (TPSA) is 83.6 Å². The summed E-state index contributed by atoms with van der Waals surface area (Å²) in [6.45, 7) is 1.72. The fourth-order valence-electron chi connectivity index (χ4n) is 2.94. The molecule has 21 heavy (non-hydrogen) atoms. The maximum atomic E-state index is 11.2. The van der Waals surface area contributed by atoms with Crippen molar-refractivity contribution in [2.75, 3.05) is 6.54 Å². The standard InChI is InChI=1S/C16H22N2O3/c17-16(21)13-5-3-4-12(10-13)11-18-9-2-1-6-14(18)7-8-15(19)20/h3-5,10,14H,1-2,6-9,11H2,(H2,17,21)(H,19,20). The average Bonchev–Trinajstić information content (AvgIpc) is 2.46. The molecule has 0 bridgehead atoms. The quantitative estimate of drug-likeness (QED) is 0.839.